The minimum absolute atomic E-state index is 0.00964. The molecule has 0 aliphatic rings. The van der Waals surface area contributed by atoms with Crippen molar-refractivity contribution in [1.29, 1.82) is 0 Å². The van der Waals surface area contributed by atoms with Gasteiger partial charge in [-0.1, -0.05) is 19.9 Å². The lowest BCUT2D eigenvalue weighted by Gasteiger charge is -2.28. The minimum Gasteiger partial charge on any atom is -0.326 e. The van der Waals surface area contributed by atoms with Crippen LogP contribution in [-0.4, -0.2) is 40.5 Å². The molecule has 7 heteroatoms. The molecule has 1 rings (SSSR count). The Kier molecular flexibility index (Phi) is 5.86. The maximum absolute atomic E-state index is 13.6. The van der Waals surface area contributed by atoms with E-state index in [2.05, 4.69) is 4.72 Å². The number of nitrogens with one attached hydrogen (secondary N) is 1. The van der Waals surface area contributed by atoms with Gasteiger partial charge in [-0.25, -0.2) is 17.5 Å². The van der Waals surface area contributed by atoms with Crippen LogP contribution in [0.5, 0.6) is 0 Å². The molecular formula is C14H24FN3O2S. The van der Waals surface area contributed by atoms with Gasteiger partial charge in [-0.2, -0.15) is 0 Å². The van der Waals surface area contributed by atoms with Gasteiger partial charge in [0.1, 0.15) is 5.82 Å². The first-order valence-electron chi connectivity index (χ1n) is 6.71. The van der Waals surface area contributed by atoms with E-state index in [4.69, 9.17) is 5.73 Å². The number of halogens is 1. The van der Waals surface area contributed by atoms with Crippen LogP contribution in [0.25, 0.3) is 0 Å². The van der Waals surface area contributed by atoms with Crippen molar-refractivity contribution in [3.8, 4) is 0 Å². The monoisotopic (exact) mass is 317 g/mol. The molecule has 1 aromatic carbocycles. The smallest absolute Gasteiger partial charge is 0.241 e. The summed E-state index contributed by atoms with van der Waals surface area (Å²) in [6.07, 6.45) is 0. The molecule has 0 aromatic heterocycles. The Balaban J connectivity index is 2.96. The normalized spacial score (nSPS) is 12.9. The molecule has 0 radical (unpaired) electrons. The summed E-state index contributed by atoms with van der Waals surface area (Å²) in [7, 11) is 0.0688. The van der Waals surface area contributed by atoms with Gasteiger partial charge in [-0.3, -0.25) is 0 Å². The van der Waals surface area contributed by atoms with E-state index in [-0.39, 0.29) is 29.0 Å². The Morgan fingerprint density at radius 3 is 2.48 bits per heavy atom. The third kappa shape index (κ3) is 5.03. The summed E-state index contributed by atoms with van der Waals surface area (Å²) in [5.74, 6) is -0.604. The highest BCUT2D eigenvalue weighted by molar-refractivity contribution is 7.89. The molecule has 0 amide bonds. The first-order valence-corrected chi connectivity index (χ1v) is 8.19. The van der Waals surface area contributed by atoms with Gasteiger partial charge in [0.15, 0.2) is 0 Å². The van der Waals surface area contributed by atoms with Gasteiger partial charge in [0.25, 0.3) is 0 Å². The molecule has 0 aliphatic heterocycles. The molecule has 3 N–H and O–H groups in total. The van der Waals surface area contributed by atoms with E-state index in [1.54, 1.807) is 0 Å². The molecule has 0 spiro atoms. The third-order valence-electron chi connectivity index (χ3n) is 3.05. The van der Waals surface area contributed by atoms with Crippen molar-refractivity contribution < 1.29 is 12.8 Å². The van der Waals surface area contributed by atoms with Crippen molar-refractivity contribution in [2.24, 2.45) is 11.1 Å². The summed E-state index contributed by atoms with van der Waals surface area (Å²) in [4.78, 5) is 1.90. The topological polar surface area (TPSA) is 75.4 Å². The highest BCUT2D eigenvalue weighted by Crippen LogP contribution is 2.20. The van der Waals surface area contributed by atoms with Crippen molar-refractivity contribution in [1.82, 2.24) is 9.62 Å². The first-order chi connectivity index (χ1) is 9.59. The Morgan fingerprint density at radius 1 is 1.33 bits per heavy atom. The molecular weight excluding hydrogens is 293 g/mol. The Hall–Kier alpha value is -1.02. The second kappa shape index (κ2) is 6.83. The van der Waals surface area contributed by atoms with Crippen LogP contribution in [0.1, 0.15) is 19.4 Å². The van der Waals surface area contributed by atoms with E-state index < -0.39 is 15.8 Å². The summed E-state index contributed by atoms with van der Waals surface area (Å²) in [6, 6.07) is 3.94. The second-order valence-electron chi connectivity index (χ2n) is 6.15. The molecule has 0 saturated heterocycles. The zero-order valence-corrected chi connectivity index (χ0v) is 13.8. The van der Waals surface area contributed by atoms with Gasteiger partial charge in [0.2, 0.25) is 10.0 Å². The first kappa shape index (κ1) is 18.0. The zero-order chi connectivity index (χ0) is 16.3. The molecule has 0 unspecified atom stereocenters. The number of nitrogens with zero attached hydrogens (tertiary/aromatic N) is 1. The predicted molar refractivity (Wildman–Crippen MR) is 81.8 cm³/mol. The van der Waals surface area contributed by atoms with E-state index >= 15 is 0 Å². The van der Waals surface area contributed by atoms with Gasteiger partial charge >= 0.3 is 0 Å². The maximum atomic E-state index is 13.6. The van der Waals surface area contributed by atoms with Gasteiger partial charge < -0.3 is 10.6 Å². The molecule has 0 atom stereocenters. The van der Waals surface area contributed by atoms with Crippen LogP contribution < -0.4 is 10.5 Å². The van der Waals surface area contributed by atoms with E-state index in [0.717, 1.165) is 6.54 Å². The Labute approximate surface area is 126 Å². The van der Waals surface area contributed by atoms with E-state index in [1.807, 2.05) is 32.8 Å². The van der Waals surface area contributed by atoms with Crippen LogP contribution in [0.15, 0.2) is 23.1 Å². The summed E-state index contributed by atoms with van der Waals surface area (Å²) < 4.78 is 40.9. The summed E-state index contributed by atoms with van der Waals surface area (Å²) >= 11 is 0. The zero-order valence-electron chi connectivity index (χ0n) is 13.0. The standard InChI is InChI=1S/C14H24FN3O2S/c1-14(2,10-18(3)4)9-17-21(19,20)13-7-5-6-12(15)11(13)8-16/h5-7,17H,8-10,16H2,1-4H3. The predicted octanol–water partition coefficient (Wildman–Crippen LogP) is 1.15. The fourth-order valence-electron chi connectivity index (χ4n) is 2.27. The largest absolute Gasteiger partial charge is 0.326 e. The van der Waals surface area contributed by atoms with Crippen LogP contribution in [0.4, 0.5) is 4.39 Å². The lowest BCUT2D eigenvalue weighted by atomic mass is 9.93. The van der Waals surface area contributed by atoms with Crippen LogP contribution >= 0.6 is 0 Å². The van der Waals surface area contributed by atoms with Crippen LogP contribution in [-0.2, 0) is 16.6 Å². The number of benzene rings is 1. The highest BCUT2D eigenvalue weighted by atomic mass is 32.2. The van der Waals surface area contributed by atoms with E-state index in [1.165, 1.54) is 18.2 Å². The van der Waals surface area contributed by atoms with E-state index in [9.17, 15) is 12.8 Å². The molecule has 0 bridgehead atoms. The van der Waals surface area contributed by atoms with Gasteiger partial charge in [-0.05, 0) is 31.6 Å². The molecule has 0 fully saturated rings. The summed E-state index contributed by atoms with van der Waals surface area (Å²) in [6.45, 7) is 4.75. The molecule has 0 saturated carbocycles. The summed E-state index contributed by atoms with van der Waals surface area (Å²) in [5.41, 5.74) is 5.22. The fraction of sp³-hybridized carbons (Fsp3) is 0.571. The van der Waals surface area contributed by atoms with Gasteiger partial charge in [0.05, 0.1) is 4.90 Å². The average Bonchev–Trinajstić information content (AvgIpc) is 2.35. The number of hydrogen-bond acceptors (Lipinski definition) is 4. The average molecular weight is 317 g/mol. The molecule has 0 heterocycles. The number of sulfonamides is 1. The van der Waals surface area contributed by atoms with Crippen molar-refractivity contribution in [2.75, 3.05) is 27.2 Å². The Bertz CT molecular complexity index is 586. The van der Waals surface area contributed by atoms with Crippen LogP contribution in [0.2, 0.25) is 0 Å². The second-order valence-corrected chi connectivity index (χ2v) is 7.88. The SMILES string of the molecule is CN(C)CC(C)(C)CNS(=O)(=O)c1cccc(F)c1CN. The quantitative estimate of drug-likeness (QED) is 0.791. The number of nitrogens with two attached hydrogens (primary N) is 1. The molecule has 120 valence electrons. The molecule has 5 nitrogen and oxygen atoms in total. The van der Waals surface area contributed by atoms with Crippen LogP contribution in [0.3, 0.4) is 0 Å². The van der Waals surface area contributed by atoms with Gasteiger partial charge in [0, 0.05) is 25.2 Å². The molecule has 0 aliphatic carbocycles. The summed E-state index contributed by atoms with van der Waals surface area (Å²) in [5, 5.41) is 0. The fourth-order valence-corrected chi connectivity index (χ4v) is 3.77. The lowest BCUT2D eigenvalue weighted by molar-refractivity contribution is 0.242. The number of rotatable bonds is 7. The van der Waals surface area contributed by atoms with Crippen molar-refractivity contribution >= 4 is 10.0 Å². The Morgan fingerprint density at radius 2 is 1.95 bits per heavy atom. The minimum atomic E-state index is -3.78. The van der Waals surface area contributed by atoms with Crippen LogP contribution in [0, 0.1) is 11.2 Å². The number of hydrogen-bond donors (Lipinski definition) is 2. The highest BCUT2D eigenvalue weighted by Gasteiger charge is 2.25. The molecule has 21 heavy (non-hydrogen) atoms. The lowest BCUT2D eigenvalue weighted by Crippen LogP contribution is -2.40. The van der Waals surface area contributed by atoms with Gasteiger partial charge in [-0.15, -0.1) is 0 Å². The third-order valence-corrected chi connectivity index (χ3v) is 4.54. The maximum Gasteiger partial charge on any atom is 0.241 e. The van der Waals surface area contributed by atoms with Crippen molar-refractivity contribution in [3.05, 3.63) is 29.6 Å². The van der Waals surface area contributed by atoms with Crippen molar-refractivity contribution in [3.63, 3.8) is 0 Å². The van der Waals surface area contributed by atoms with E-state index in [0.29, 0.717) is 0 Å². The van der Waals surface area contributed by atoms with Crippen molar-refractivity contribution in [2.45, 2.75) is 25.3 Å². The molecule has 1 aromatic rings.